The smallest absolute Gasteiger partial charge is 0.300 e. The maximum absolute atomic E-state index is 13.2. The number of ether oxygens (including phenoxy) is 1. The van der Waals surface area contributed by atoms with Gasteiger partial charge in [-0.15, -0.1) is 11.3 Å². The van der Waals surface area contributed by atoms with Gasteiger partial charge < -0.3 is 9.84 Å². The Hall–Kier alpha value is -3.09. The van der Waals surface area contributed by atoms with Crippen LogP contribution < -0.4 is 9.64 Å². The molecule has 3 aromatic rings. The van der Waals surface area contributed by atoms with Gasteiger partial charge in [0.1, 0.15) is 17.6 Å². The fourth-order valence-electron chi connectivity index (χ4n) is 3.80. The Bertz CT molecular complexity index is 1220. The fraction of sp³-hybridized carbons (Fsp3) is 0.200. The van der Waals surface area contributed by atoms with Crippen molar-refractivity contribution in [2.75, 3.05) is 4.90 Å². The molecule has 164 valence electrons. The van der Waals surface area contributed by atoms with Gasteiger partial charge in [0.25, 0.3) is 11.7 Å². The van der Waals surface area contributed by atoms with Crippen LogP contribution in [-0.2, 0) is 9.59 Å². The summed E-state index contributed by atoms with van der Waals surface area (Å²) in [5.74, 6) is -1.12. The minimum atomic E-state index is -0.762. The molecular weight excluding hydrogens is 446 g/mol. The molecule has 1 saturated heterocycles. The summed E-state index contributed by atoms with van der Waals surface area (Å²) in [6, 6.07) is 15.0. The molecule has 0 spiro atoms. The molecule has 1 atom stereocenters. The number of carbonyl (C=O) groups excluding carboxylic acids is 2. The highest BCUT2D eigenvalue weighted by Gasteiger charge is 2.47. The number of aliphatic hydroxyl groups is 1. The van der Waals surface area contributed by atoms with E-state index in [4.69, 9.17) is 16.3 Å². The van der Waals surface area contributed by atoms with Gasteiger partial charge in [-0.1, -0.05) is 35.9 Å². The summed E-state index contributed by atoms with van der Waals surface area (Å²) in [7, 11) is 0. The Balaban J connectivity index is 1.90. The van der Waals surface area contributed by atoms with Crippen LogP contribution in [0.4, 0.5) is 5.69 Å². The third kappa shape index (κ3) is 3.92. The number of rotatable bonds is 5. The highest BCUT2D eigenvalue weighted by molar-refractivity contribution is 7.10. The van der Waals surface area contributed by atoms with Crippen molar-refractivity contribution in [1.29, 1.82) is 0 Å². The monoisotopic (exact) mass is 467 g/mol. The Kier molecular flexibility index (Phi) is 6.09. The van der Waals surface area contributed by atoms with Crippen LogP contribution in [0.2, 0.25) is 5.02 Å². The van der Waals surface area contributed by atoms with Gasteiger partial charge in [-0.2, -0.15) is 0 Å². The Labute approximate surface area is 195 Å². The topological polar surface area (TPSA) is 66.8 Å². The number of hydrogen-bond acceptors (Lipinski definition) is 5. The lowest BCUT2D eigenvalue weighted by molar-refractivity contribution is -0.132. The fourth-order valence-corrected chi connectivity index (χ4v) is 4.79. The normalized spacial score (nSPS) is 17.9. The number of benzene rings is 2. The molecule has 1 N–H and O–H groups in total. The zero-order valence-electron chi connectivity index (χ0n) is 17.8. The van der Waals surface area contributed by atoms with Crippen molar-refractivity contribution >= 4 is 46.1 Å². The highest BCUT2D eigenvalue weighted by Crippen LogP contribution is 2.45. The van der Waals surface area contributed by atoms with Gasteiger partial charge >= 0.3 is 0 Å². The first kappa shape index (κ1) is 22.1. The summed E-state index contributed by atoms with van der Waals surface area (Å²) in [5, 5.41) is 13.6. The van der Waals surface area contributed by atoms with Crippen molar-refractivity contribution in [2.24, 2.45) is 0 Å². The number of ketones is 1. The molecule has 0 bridgehead atoms. The molecule has 2 aromatic carbocycles. The van der Waals surface area contributed by atoms with E-state index in [9.17, 15) is 14.7 Å². The standard InChI is InChI=1S/C25H22ClNO4S/c1-14(2)31-17-8-4-7-16(13-17)23(28)21-22(20-11-6-12-32-20)27(25(30)24(21)29)19-10-5-9-18(26)15(19)3/h4-14,22,28H,1-3H3/b23-21-. The quantitative estimate of drug-likeness (QED) is 0.278. The number of anilines is 1. The Morgan fingerprint density at radius 3 is 2.56 bits per heavy atom. The first-order chi connectivity index (χ1) is 15.3. The second-order valence-corrected chi connectivity index (χ2v) is 9.15. The van der Waals surface area contributed by atoms with Gasteiger partial charge in [0.2, 0.25) is 0 Å². The molecule has 1 aromatic heterocycles. The lowest BCUT2D eigenvalue weighted by atomic mass is 9.99. The van der Waals surface area contributed by atoms with Crippen molar-refractivity contribution in [3.05, 3.63) is 86.6 Å². The zero-order chi connectivity index (χ0) is 23.0. The van der Waals surface area contributed by atoms with E-state index in [0.717, 1.165) is 4.88 Å². The maximum Gasteiger partial charge on any atom is 0.300 e. The minimum absolute atomic E-state index is 0.0403. The average molecular weight is 468 g/mol. The van der Waals surface area contributed by atoms with Crippen LogP contribution >= 0.6 is 22.9 Å². The first-order valence-corrected chi connectivity index (χ1v) is 11.4. The molecule has 4 rings (SSSR count). The second kappa shape index (κ2) is 8.81. The number of Topliss-reactive ketones (excluding diaryl/α,β-unsaturated/α-hetero) is 1. The van der Waals surface area contributed by atoms with Gasteiger partial charge in [-0.25, -0.2) is 0 Å². The van der Waals surface area contributed by atoms with E-state index in [-0.39, 0.29) is 17.4 Å². The summed E-state index contributed by atoms with van der Waals surface area (Å²) < 4.78 is 5.73. The average Bonchev–Trinajstić information content (AvgIpc) is 3.37. The van der Waals surface area contributed by atoms with E-state index in [2.05, 4.69) is 0 Å². The van der Waals surface area contributed by atoms with E-state index in [1.165, 1.54) is 16.2 Å². The van der Waals surface area contributed by atoms with Crippen molar-refractivity contribution in [3.8, 4) is 5.75 Å². The number of carbonyl (C=O) groups is 2. The molecule has 0 aliphatic carbocycles. The van der Waals surface area contributed by atoms with Crippen molar-refractivity contribution in [3.63, 3.8) is 0 Å². The molecule has 1 fully saturated rings. The van der Waals surface area contributed by atoms with Crippen LogP contribution in [0, 0.1) is 6.92 Å². The lowest BCUT2D eigenvalue weighted by Crippen LogP contribution is -2.29. The largest absolute Gasteiger partial charge is 0.507 e. The van der Waals surface area contributed by atoms with Crippen LogP contribution in [0.1, 0.15) is 35.9 Å². The lowest BCUT2D eigenvalue weighted by Gasteiger charge is -2.26. The van der Waals surface area contributed by atoms with Crippen LogP contribution in [-0.4, -0.2) is 22.9 Å². The van der Waals surface area contributed by atoms with Crippen molar-refractivity contribution < 1.29 is 19.4 Å². The molecule has 1 aliphatic rings. The Morgan fingerprint density at radius 2 is 1.88 bits per heavy atom. The summed E-state index contributed by atoms with van der Waals surface area (Å²) in [5.41, 5.74) is 1.67. The van der Waals surface area contributed by atoms with Crippen LogP contribution in [0.3, 0.4) is 0 Å². The van der Waals surface area contributed by atoms with Gasteiger partial charge in [0, 0.05) is 21.2 Å². The number of hydrogen-bond donors (Lipinski definition) is 1. The molecule has 1 aliphatic heterocycles. The van der Waals surface area contributed by atoms with Gasteiger partial charge in [-0.3, -0.25) is 14.5 Å². The van der Waals surface area contributed by atoms with Crippen LogP contribution in [0.15, 0.2) is 65.6 Å². The van der Waals surface area contributed by atoms with Gasteiger partial charge in [0.05, 0.1) is 11.7 Å². The molecule has 0 saturated carbocycles. The summed E-state index contributed by atoms with van der Waals surface area (Å²) in [6.45, 7) is 5.61. The number of aliphatic hydroxyl groups excluding tert-OH is 1. The molecular formula is C25H22ClNO4S. The molecule has 1 amide bonds. The van der Waals surface area contributed by atoms with E-state index in [1.807, 2.05) is 31.4 Å². The first-order valence-electron chi connectivity index (χ1n) is 10.2. The van der Waals surface area contributed by atoms with Crippen LogP contribution in [0.5, 0.6) is 5.75 Å². The highest BCUT2D eigenvalue weighted by atomic mass is 35.5. The molecule has 1 unspecified atom stereocenters. The Morgan fingerprint density at radius 1 is 1.12 bits per heavy atom. The second-order valence-electron chi connectivity index (χ2n) is 7.76. The number of thiophene rings is 1. The molecule has 2 heterocycles. The van der Waals surface area contributed by atoms with Gasteiger partial charge in [0.15, 0.2) is 0 Å². The third-order valence-corrected chi connectivity index (χ3v) is 6.57. The van der Waals surface area contributed by atoms with E-state index >= 15 is 0 Å². The van der Waals surface area contributed by atoms with Crippen molar-refractivity contribution in [2.45, 2.75) is 32.9 Å². The number of halogens is 1. The summed E-state index contributed by atoms with van der Waals surface area (Å²) in [6.07, 6.45) is -0.0464. The zero-order valence-corrected chi connectivity index (χ0v) is 19.4. The van der Waals surface area contributed by atoms with Gasteiger partial charge in [-0.05, 0) is 62.0 Å². The third-order valence-electron chi connectivity index (χ3n) is 5.24. The van der Waals surface area contributed by atoms with Crippen molar-refractivity contribution in [1.82, 2.24) is 0 Å². The van der Waals surface area contributed by atoms with E-state index in [0.29, 0.717) is 27.6 Å². The summed E-state index contributed by atoms with van der Waals surface area (Å²) >= 11 is 7.72. The predicted molar refractivity (Wildman–Crippen MR) is 127 cm³/mol. The minimum Gasteiger partial charge on any atom is -0.507 e. The SMILES string of the molecule is Cc1c(Cl)cccc1N1C(=O)C(=O)/C(=C(\O)c2cccc(OC(C)C)c2)C1c1cccs1. The van der Waals surface area contributed by atoms with Crippen LogP contribution in [0.25, 0.3) is 5.76 Å². The van der Waals surface area contributed by atoms with E-state index < -0.39 is 17.7 Å². The number of amides is 1. The predicted octanol–water partition coefficient (Wildman–Crippen LogP) is 6.12. The molecule has 5 nitrogen and oxygen atoms in total. The molecule has 0 radical (unpaired) electrons. The number of nitrogens with zero attached hydrogens (tertiary/aromatic N) is 1. The maximum atomic E-state index is 13.2. The summed E-state index contributed by atoms with van der Waals surface area (Å²) in [4.78, 5) is 28.6. The molecule has 32 heavy (non-hydrogen) atoms. The van der Waals surface area contributed by atoms with E-state index in [1.54, 1.807) is 49.4 Å². The molecule has 7 heteroatoms.